The summed E-state index contributed by atoms with van der Waals surface area (Å²) in [5.74, 6) is 1.84. The van der Waals surface area contributed by atoms with E-state index in [9.17, 15) is 4.39 Å². The number of ether oxygens (including phenoxy) is 1. The van der Waals surface area contributed by atoms with E-state index < -0.39 is 0 Å². The average Bonchev–Trinajstić information content (AvgIpc) is 3.06. The van der Waals surface area contributed by atoms with E-state index in [-0.39, 0.29) is 5.82 Å². The third kappa shape index (κ3) is 5.62. The van der Waals surface area contributed by atoms with Gasteiger partial charge < -0.3 is 4.74 Å². The quantitative estimate of drug-likeness (QED) is 0.469. The lowest BCUT2D eigenvalue weighted by Crippen LogP contribution is -2.00. The number of hydrogen-bond donors (Lipinski definition) is 1. The number of hydrogen-bond acceptors (Lipinski definition) is 4. The van der Waals surface area contributed by atoms with Gasteiger partial charge in [-0.3, -0.25) is 5.10 Å². The van der Waals surface area contributed by atoms with Gasteiger partial charge in [0, 0.05) is 10.8 Å². The van der Waals surface area contributed by atoms with Gasteiger partial charge in [-0.2, -0.15) is 0 Å². The van der Waals surface area contributed by atoms with Crippen LogP contribution in [0.15, 0.2) is 53.7 Å². The number of aromatic amines is 1. The molecule has 0 aliphatic heterocycles. The Morgan fingerprint density at radius 3 is 2.80 bits per heavy atom. The van der Waals surface area contributed by atoms with Crippen LogP contribution in [0.1, 0.15) is 11.4 Å². The molecule has 0 atom stereocenters. The fourth-order valence-electron chi connectivity index (χ4n) is 2.00. The Hall–Kier alpha value is -2.31. The molecule has 25 heavy (non-hydrogen) atoms. The van der Waals surface area contributed by atoms with Crippen LogP contribution in [0, 0.1) is 5.82 Å². The van der Waals surface area contributed by atoms with Crippen LogP contribution in [0.3, 0.4) is 0 Å². The summed E-state index contributed by atoms with van der Waals surface area (Å²) in [7, 11) is 0. The fourth-order valence-corrected chi connectivity index (χ4v) is 2.80. The molecule has 0 aliphatic rings. The van der Waals surface area contributed by atoms with Crippen molar-refractivity contribution in [2.45, 2.75) is 5.16 Å². The molecule has 0 saturated carbocycles. The van der Waals surface area contributed by atoms with Crippen molar-refractivity contribution in [1.82, 2.24) is 15.2 Å². The molecule has 7 heteroatoms. The predicted molar refractivity (Wildman–Crippen MR) is 99.4 cm³/mol. The maximum absolute atomic E-state index is 12.9. The Bertz CT molecular complexity index is 852. The summed E-state index contributed by atoms with van der Waals surface area (Å²) < 4.78 is 18.5. The van der Waals surface area contributed by atoms with E-state index in [0.717, 1.165) is 11.3 Å². The first-order valence-corrected chi connectivity index (χ1v) is 8.92. The Morgan fingerprint density at radius 2 is 2.00 bits per heavy atom. The Kier molecular flexibility index (Phi) is 6.09. The number of thioether (sulfide) groups is 1. The zero-order valence-corrected chi connectivity index (χ0v) is 14.7. The maximum atomic E-state index is 12.9. The van der Waals surface area contributed by atoms with E-state index >= 15 is 0 Å². The van der Waals surface area contributed by atoms with Crippen LogP contribution in [0.2, 0.25) is 5.02 Å². The smallest absolute Gasteiger partial charge is 0.208 e. The zero-order valence-electron chi connectivity index (χ0n) is 13.2. The summed E-state index contributed by atoms with van der Waals surface area (Å²) >= 11 is 7.40. The van der Waals surface area contributed by atoms with Gasteiger partial charge in [0.25, 0.3) is 0 Å². The summed E-state index contributed by atoms with van der Waals surface area (Å²) in [6.45, 7) is 0.528. The molecule has 0 amide bonds. The Balaban J connectivity index is 1.46. The van der Waals surface area contributed by atoms with Crippen LogP contribution < -0.4 is 4.74 Å². The molecule has 3 rings (SSSR count). The maximum Gasteiger partial charge on any atom is 0.208 e. The predicted octanol–water partition coefficient (Wildman–Crippen LogP) is 4.94. The second kappa shape index (κ2) is 8.69. The summed E-state index contributed by atoms with van der Waals surface area (Å²) in [5, 5.41) is 8.29. The van der Waals surface area contributed by atoms with Gasteiger partial charge in [-0.1, -0.05) is 47.6 Å². The molecule has 128 valence electrons. The van der Waals surface area contributed by atoms with E-state index in [1.165, 1.54) is 23.9 Å². The summed E-state index contributed by atoms with van der Waals surface area (Å²) in [4.78, 5) is 4.36. The van der Waals surface area contributed by atoms with E-state index in [4.69, 9.17) is 16.3 Å². The minimum atomic E-state index is -0.254. The summed E-state index contributed by atoms with van der Waals surface area (Å²) in [6, 6.07) is 13.5. The molecule has 0 radical (unpaired) electrons. The normalized spacial score (nSPS) is 11.1. The van der Waals surface area contributed by atoms with Crippen LogP contribution in [-0.2, 0) is 0 Å². The van der Waals surface area contributed by atoms with Crippen LogP contribution in [-0.4, -0.2) is 27.5 Å². The van der Waals surface area contributed by atoms with Crippen molar-refractivity contribution >= 4 is 35.5 Å². The summed E-state index contributed by atoms with van der Waals surface area (Å²) in [6.07, 6.45) is 3.64. The number of halogens is 2. The monoisotopic (exact) mass is 375 g/mol. The molecule has 1 aromatic heterocycles. The fraction of sp³-hybridized carbons (Fsp3) is 0.111. The molecule has 0 fully saturated rings. The van der Waals surface area contributed by atoms with Gasteiger partial charge in [-0.25, -0.2) is 9.37 Å². The third-order valence-electron chi connectivity index (χ3n) is 3.17. The topological polar surface area (TPSA) is 50.8 Å². The zero-order chi connectivity index (χ0) is 17.5. The second-order valence-corrected chi connectivity index (χ2v) is 6.54. The lowest BCUT2D eigenvalue weighted by molar-refractivity contribution is 0.344. The van der Waals surface area contributed by atoms with Crippen molar-refractivity contribution in [3.63, 3.8) is 0 Å². The molecular formula is C18H15ClFN3OS. The minimum absolute atomic E-state index is 0.254. The first-order valence-electron chi connectivity index (χ1n) is 7.56. The lowest BCUT2D eigenvalue weighted by Gasteiger charge is -2.04. The van der Waals surface area contributed by atoms with Crippen molar-refractivity contribution in [2.24, 2.45) is 0 Å². The van der Waals surface area contributed by atoms with Gasteiger partial charge in [0.05, 0.1) is 6.61 Å². The van der Waals surface area contributed by atoms with Crippen LogP contribution in [0.4, 0.5) is 4.39 Å². The molecule has 0 unspecified atom stereocenters. The van der Waals surface area contributed by atoms with Crippen molar-refractivity contribution < 1.29 is 9.13 Å². The molecule has 1 N–H and O–H groups in total. The number of rotatable bonds is 7. The van der Waals surface area contributed by atoms with Crippen molar-refractivity contribution in [3.05, 3.63) is 70.8 Å². The van der Waals surface area contributed by atoms with Gasteiger partial charge in [0.15, 0.2) is 0 Å². The highest BCUT2D eigenvalue weighted by Gasteiger charge is 2.02. The first kappa shape index (κ1) is 17.5. The molecule has 2 aromatic carbocycles. The van der Waals surface area contributed by atoms with Crippen LogP contribution in [0.25, 0.3) is 12.2 Å². The van der Waals surface area contributed by atoms with Gasteiger partial charge in [0.1, 0.15) is 17.4 Å². The molecule has 4 nitrogen and oxygen atoms in total. The molecule has 0 bridgehead atoms. The Labute approximate surface area is 154 Å². The van der Waals surface area contributed by atoms with E-state index in [2.05, 4.69) is 15.2 Å². The number of aromatic nitrogens is 3. The van der Waals surface area contributed by atoms with E-state index in [1.807, 2.05) is 18.2 Å². The molecule has 0 saturated heterocycles. The molecule has 0 spiro atoms. The molecule has 0 aliphatic carbocycles. The minimum Gasteiger partial charge on any atom is -0.493 e. The van der Waals surface area contributed by atoms with Gasteiger partial charge >= 0.3 is 0 Å². The van der Waals surface area contributed by atoms with Gasteiger partial charge in [0.2, 0.25) is 5.16 Å². The molecule has 1 heterocycles. The van der Waals surface area contributed by atoms with E-state index in [0.29, 0.717) is 28.4 Å². The van der Waals surface area contributed by atoms with Crippen molar-refractivity contribution in [3.8, 4) is 5.75 Å². The number of nitrogens with one attached hydrogen (secondary N) is 1. The highest BCUT2D eigenvalue weighted by Crippen LogP contribution is 2.18. The van der Waals surface area contributed by atoms with E-state index in [1.54, 1.807) is 30.3 Å². The number of H-pyrrole nitrogens is 1. The summed E-state index contributed by atoms with van der Waals surface area (Å²) in [5.41, 5.74) is 0.891. The van der Waals surface area contributed by atoms with Gasteiger partial charge in [-0.15, -0.1) is 5.10 Å². The molecular weight excluding hydrogens is 361 g/mol. The average molecular weight is 376 g/mol. The third-order valence-corrected chi connectivity index (χ3v) is 4.21. The second-order valence-electron chi connectivity index (χ2n) is 5.04. The highest BCUT2D eigenvalue weighted by atomic mass is 35.5. The standard InChI is InChI=1S/C18H15ClFN3OS/c19-14-2-1-3-16(12-14)24-10-11-25-18-21-17(22-23-18)9-6-13-4-7-15(20)8-5-13/h1-9,12H,10-11H2,(H,21,22,23)/b9-6+. The van der Waals surface area contributed by atoms with Crippen LogP contribution in [0.5, 0.6) is 5.75 Å². The van der Waals surface area contributed by atoms with Crippen LogP contribution >= 0.6 is 23.4 Å². The van der Waals surface area contributed by atoms with Gasteiger partial charge in [-0.05, 0) is 42.0 Å². The highest BCUT2D eigenvalue weighted by molar-refractivity contribution is 7.99. The number of nitrogens with zero attached hydrogens (tertiary/aromatic N) is 2. The van der Waals surface area contributed by atoms with Crippen molar-refractivity contribution in [1.29, 1.82) is 0 Å². The lowest BCUT2D eigenvalue weighted by atomic mass is 10.2. The Morgan fingerprint density at radius 1 is 1.16 bits per heavy atom. The largest absolute Gasteiger partial charge is 0.493 e. The molecule has 3 aromatic rings. The number of benzene rings is 2. The first-order chi connectivity index (χ1) is 12.2. The SMILES string of the molecule is Fc1ccc(/C=C/c2nc(SCCOc3cccc(Cl)c3)n[nH]2)cc1. The van der Waals surface area contributed by atoms with Crippen molar-refractivity contribution in [2.75, 3.05) is 12.4 Å².